The van der Waals surface area contributed by atoms with Gasteiger partial charge in [0.15, 0.2) is 5.78 Å². The quantitative estimate of drug-likeness (QED) is 0.512. The second-order valence-electron chi connectivity index (χ2n) is 2.17. The van der Waals surface area contributed by atoms with Gasteiger partial charge < -0.3 is 10.5 Å². The fourth-order valence-corrected chi connectivity index (χ4v) is 0.852. The SMILES string of the molecule is NCC(=O)C1COCC[N]1. The first-order chi connectivity index (χ1) is 4.84. The minimum atomic E-state index is -0.293. The molecule has 0 spiro atoms. The number of ketones is 1. The highest BCUT2D eigenvalue weighted by molar-refractivity contribution is 5.85. The minimum absolute atomic E-state index is 0.0281. The number of morpholine rings is 1. The number of rotatable bonds is 2. The molecule has 57 valence electrons. The zero-order valence-electron chi connectivity index (χ0n) is 5.75. The van der Waals surface area contributed by atoms with Crippen LogP contribution in [0.5, 0.6) is 0 Å². The summed E-state index contributed by atoms with van der Waals surface area (Å²) in [6, 6.07) is -0.293. The molecule has 1 rings (SSSR count). The van der Waals surface area contributed by atoms with E-state index in [0.29, 0.717) is 19.8 Å². The maximum absolute atomic E-state index is 10.9. The van der Waals surface area contributed by atoms with Crippen molar-refractivity contribution in [1.82, 2.24) is 5.32 Å². The van der Waals surface area contributed by atoms with Crippen LogP contribution in [0.2, 0.25) is 0 Å². The van der Waals surface area contributed by atoms with E-state index in [1.165, 1.54) is 0 Å². The largest absolute Gasteiger partial charge is 0.378 e. The summed E-state index contributed by atoms with van der Waals surface area (Å²) < 4.78 is 5.03. The zero-order valence-corrected chi connectivity index (χ0v) is 5.75. The molecule has 0 aliphatic carbocycles. The third-order valence-electron chi connectivity index (χ3n) is 1.43. The third kappa shape index (κ3) is 1.76. The van der Waals surface area contributed by atoms with E-state index in [0.717, 1.165) is 0 Å². The number of ether oxygens (including phenoxy) is 1. The van der Waals surface area contributed by atoms with Crippen LogP contribution < -0.4 is 11.1 Å². The fourth-order valence-electron chi connectivity index (χ4n) is 0.852. The van der Waals surface area contributed by atoms with Crippen LogP contribution in [0.1, 0.15) is 0 Å². The van der Waals surface area contributed by atoms with Gasteiger partial charge in [0.1, 0.15) is 6.04 Å². The Kier molecular flexibility index (Phi) is 2.80. The van der Waals surface area contributed by atoms with Crippen molar-refractivity contribution in [3.8, 4) is 0 Å². The van der Waals surface area contributed by atoms with Crippen molar-refractivity contribution in [3.05, 3.63) is 0 Å². The highest BCUT2D eigenvalue weighted by Crippen LogP contribution is 1.94. The van der Waals surface area contributed by atoms with E-state index in [-0.39, 0.29) is 18.4 Å². The first-order valence-corrected chi connectivity index (χ1v) is 3.31. The molecule has 1 fully saturated rings. The molecule has 0 bridgehead atoms. The summed E-state index contributed by atoms with van der Waals surface area (Å²) in [5.41, 5.74) is 5.14. The molecule has 0 aromatic heterocycles. The summed E-state index contributed by atoms with van der Waals surface area (Å²) in [5, 5.41) is 4.05. The molecule has 4 nitrogen and oxygen atoms in total. The number of nitrogens with two attached hydrogens (primary N) is 1. The zero-order chi connectivity index (χ0) is 7.40. The lowest BCUT2D eigenvalue weighted by Crippen LogP contribution is -2.44. The number of Topliss-reactive ketones (excluding diaryl/α,β-unsaturated/α-hetero) is 1. The summed E-state index contributed by atoms with van der Waals surface area (Å²) in [4.78, 5) is 10.9. The Morgan fingerprint density at radius 3 is 3.10 bits per heavy atom. The van der Waals surface area contributed by atoms with Crippen LogP contribution >= 0.6 is 0 Å². The van der Waals surface area contributed by atoms with Crippen molar-refractivity contribution >= 4 is 5.78 Å². The van der Waals surface area contributed by atoms with Crippen LogP contribution in [-0.2, 0) is 9.53 Å². The second-order valence-corrected chi connectivity index (χ2v) is 2.17. The maximum Gasteiger partial charge on any atom is 0.167 e. The van der Waals surface area contributed by atoms with E-state index in [1.807, 2.05) is 0 Å². The summed E-state index contributed by atoms with van der Waals surface area (Å²) in [7, 11) is 0. The molecule has 0 amide bonds. The van der Waals surface area contributed by atoms with Crippen LogP contribution in [0.25, 0.3) is 0 Å². The molecule has 1 aliphatic heterocycles. The van der Waals surface area contributed by atoms with Crippen molar-refractivity contribution in [2.45, 2.75) is 6.04 Å². The average molecular weight is 143 g/mol. The van der Waals surface area contributed by atoms with Crippen molar-refractivity contribution in [3.63, 3.8) is 0 Å². The number of carbonyl (C=O) groups excluding carboxylic acids is 1. The Labute approximate surface area is 59.7 Å². The Morgan fingerprint density at radius 2 is 2.60 bits per heavy atom. The first kappa shape index (κ1) is 7.65. The Hall–Kier alpha value is -0.450. The second kappa shape index (κ2) is 3.65. The van der Waals surface area contributed by atoms with Gasteiger partial charge in [-0.05, 0) is 0 Å². The van der Waals surface area contributed by atoms with Crippen LogP contribution in [0.3, 0.4) is 0 Å². The van der Waals surface area contributed by atoms with Gasteiger partial charge in [0.05, 0.1) is 19.8 Å². The average Bonchev–Trinajstić information content (AvgIpc) is 2.05. The molecule has 4 heteroatoms. The van der Waals surface area contributed by atoms with Crippen molar-refractivity contribution < 1.29 is 9.53 Å². The molecule has 1 heterocycles. The molecular formula is C6H11N2O2. The summed E-state index contributed by atoms with van der Waals surface area (Å²) in [6.07, 6.45) is 0. The smallest absolute Gasteiger partial charge is 0.167 e. The van der Waals surface area contributed by atoms with Gasteiger partial charge in [-0.25, -0.2) is 5.32 Å². The highest BCUT2D eigenvalue weighted by Gasteiger charge is 2.20. The highest BCUT2D eigenvalue weighted by atomic mass is 16.5. The van der Waals surface area contributed by atoms with E-state index < -0.39 is 0 Å². The molecule has 2 N–H and O–H groups in total. The summed E-state index contributed by atoms with van der Waals surface area (Å²) >= 11 is 0. The molecule has 0 aromatic rings. The lowest BCUT2D eigenvalue weighted by atomic mass is 10.2. The number of hydrogen-bond acceptors (Lipinski definition) is 3. The molecule has 0 aromatic carbocycles. The molecule has 1 saturated heterocycles. The maximum atomic E-state index is 10.9. The molecular weight excluding hydrogens is 132 g/mol. The van der Waals surface area contributed by atoms with Gasteiger partial charge in [0.2, 0.25) is 0 Å². The van der Waals surface area contributed by atoms with E-state index in [1.54, 1.807) is 0 Å². The predicted octanol–water partition coefficient (Wildman–Crippen LogP) is -1.48. The molecule has 1 unspecified atom stereocenters. The molecule has 10 heavy (non-hydrogen) atoms. The van der Waals surface area contributed by atoms with E-state index in [2.05, 4.69) is 5.32 Å². The topological polar surface area (TPSA) is 66.4 Å². The van der Waals surface area contributed by atoms with Crippen molar-refractivity contribution in [2.24, 2.45) is 5.73 Å². The lowest BCUT2D eigenvalue weighted by Gasteiger charge is -2.19. The number of carbonyl (C=O) groups is 1. The van der Waals surface area contributed by atoms with Crippen LogP contribution in [-0.4, -0.2) is 38.1 Å². The minimum Gasteiger partial charge on any atom is -0.378 e. The molecule has 0 saturated carbocycles. The van der Waals surface area contributed by atoms with E-state index in [4.69, 9.17) is 10.5 Å². The van der Waals surface area contributed by atoms with Crippen LogP contribution in [0.4, 0.5) is 0 Å². The van der Waals surface area contributed by atoms with E-state index >= 15 is 0 Å². The van der Waals surface area contributed by atoms with Crippen molar-refractivity contribution in [2.75, 3.05) is 26.3 Å². The van der Waals surface area contributed by atoms with Gasteiger partial charge in [-0.3, -0.25) is 4.79 Å². The lowest BCUT2D eigenvalue weighted by molar-refractivity contribution is -0.122. The third-order valence-corrected chi connectivity index (χ3v) is 1.43. The van der Waals surface area contributed by atoms with Crippen LogP contribution in [0.15, 0.2) is 0 Å². The number of hydrogen-bond donors (Lipinski definition) is 1. The van der Waals surface area contributed by atoms with Gasteiger partial charge >= 0.3 is 0 Å². The van der Waals surface area contributed by atoms with Gasteiger partial charge in [-0.1, -0.05) is 0 Å². The summed E-state index contributed by atoms with van der Waals surface area (Å²) in [5.74, 6) is -0.0281. The Balaban J connectivity index is 2.31. The molecule has 1 radical (unpaired) electrons. The Morgan fingerprint density at radius 1 is 1.80 bits per heavy atom. The normalized spacial score (nSPS) is 26.3. The van der Waals surface area contributed by atoms with E-state index in [9.17, 15) is 4.79 Å². The first-order valence-electron chi connectivity index (χ1n) is 3.31. The summed E-state index contributed by atoms with van der Waals surface area (Å²) in [6.45, 7) is 1.73. The predicted molar refractivity (Wildman–Crippen MR) is 35.7 cm³/mol. The number of nitrogens with zero attached hydrogens (tertiary/aromatic N) is 1. The molecule has 1 atom stereocenters. The Bertz CT molecular complexity index is 121. The van der Waals surface area contributed by atoms with Gasteiger partial charge in [-0.2, -0.15) is 0 Å². The van der Waals surface area contributed by atoms with Gasteiger partial charge in [0, 0.05) is 6.54 Å². The van der Waals surface area contributed by atoms with Crippen molar-refractivity contribution in [1.29, 1.82) is 0 Å². The standard InChI is InChI=1S/C6H11N2O2/c7-3-6(9)5-4-10-2-1-8-5/h5H,1-4,7H2. The fraction of sp³-hybridized carbons (Fsp3) is 0.833. The van der Waals surface area contributed by atoms with Crippen LogP contribution in [0, 0.1) is 0 Å². The van der Waals surface area contributed by atoms with Gasteiger partial charge in [-0.15, -0.1) is 0 Å². The molecule has 1 aliphatic rings. The van der Waals surface area contributed by atoms with Gasteiger partial charge in [0.25, 0.3) is 0 Å². The monoisotopic (exact) mass is 143 g/mol.